The first-order valence-electron chi connectivity index (χ1n) is 7.27. The standard InChI is InChI=1S/C16H27N3O/c1-4-9-19(11-10-18(2)3)16(20)12-14-5-7-15(13-17)8-6-14/h5-8H,4,9-13,17H2,1-3H3. The second-order valence-electron chi connectivity index (χ2n) is 5.38. The third-order valence-electron chi connectivity index (χ3n) is 3.28. The van der Waals surface area contributed by atoms with Crippen molar-refractivity contribution in [1.82, 2.24) is 9.80 Å². The van der Waals surface area contributed by atoms with Crippen LogP contribution in [0.1, 0.15) is 24.5 Å². The summed E-state index contributed by atoms with van der Waals surface area (Å²) in [6.45, 7) is 5.16. The summed E-state index contributed by atoms with van der Waals surface area (Å²) in [4.78, 5) is 16.4. The van der Waals surface area contributed by atoms with Gasteiger partial charge in [-0.3, -0.25) is 4.79 Å². The minimum Gasteiger partial charge on any atom is -0.341 e. The van der Waals surface area contributed by atoms with Crippen molar-refractivity contribution in [2.24, 2.45) is 5.73 Å². The highest BCUT2D eigenvalue weighted by Gasteiger charge is 2.13. The smallest absolute Gasteiger partial charge is 0.227 e. The Labute approximate surface area is 122 Å². The molecule has 0 fully saturated rings. The molecule has 4 heteroatoms. The first-order chi connectivity index (χ1) is 9.56. The Morgan fingerprint density at radius 2 is 1.65 bits per heavy atom. The van der Waals surface area contributed by atoms with E-state index in [1.54, 1.807) is 0 Å². The minimum absolute atomic E-state index is 0.203. The fourth-order valence-corrected chi connectivity index (χ4v) is 2.03. The maximum atomic E-state index is 12.4. The SMILES string of the molecule is CCCN(CCN(C)C)C(=O)Cc1ccc(CN)cc1. The molecular weight excluding hydrogens is 250 g/mol. The first-order valence-corrected chi connectivity index (χ1v) is 7.27. The number of likely N-dealkylation sites (N-methyl/N-ethyl adjacent to an activating group) is 1. The summed E-state index contributed by atoms with van der Waals surface area (Å²) in [5.41, 5.74) is 7.73. The molecule has 1 aromatic carbocycles. The Bertz CT molecular complexity index is 401. The highest BCUT2D eigenvalue weighted by molar-refractivity contribution is 5.78. The molecule has 0 aliphatic rings. The molecule has 0 saturated carbocycles. The van der Waals surface area contributed by atoms with Gasteiger partial charge in [0.15, 0.2) is 0 Å². The molecule has 1 rings (SSSR count). The van der Waals surface area contributed by atoms with Gasteiger partial charge >= 0.3 is 0 Å². The van der Waals surface area contributed by atoms with Crippen LogP contribution in [0.2, 0.25) is 0 Å². The third-order valence-corrected chi connectivity index (χ3v) is 3.28. The van der Waals surface area contributed by atoms with Crippen molar-refractivity contribution in [2.45, 2.75) is 26.3 Å². The van der Waals surface area contributed by atoms with Gasteiger partial charge < -0.3 is 15.5 Å². The van der Waals surface area contributed by atoms with Gasteiger partial charge in [0.05, 0.1) is 6.42 Å². The second kappa shape index (κ2) is 8.72. The Morgan fingerprint density at radius 1 is 1.05 bits per heavy atom. The van der Waals surface area contributed by atoms with E-state index in [1.165, 1.54) is 0 Å². The van der Waals surface area contributed by atoms with Gasteiger partial charge in [-0.25, -0.2) is 0 Å². The number of benzene rings is 1. The van der Waals surface area contributed by atoms with E-state index in [-0.39, 0.29) is 5.91 Å². The van der Waals surface area contributed by atoms with Crippen molar-refractivity contribution in [2.75, 3.05) is 33.7 Å². The summed E-state index contributed by atoms with van der Waals surface area (Å²) in [6, 6.07) is 7.98. The summed E-state index contributed by atoms with van der Waals surface area (Å²) in [6.07, 6.45) is 1.46. The van der Waals surface area contributed by atoms with Gasteiger partial charge in [0.1, 0.15) is 0 Å². The zero-order valence-corrected chi connectivity index (χ0v) is 12.9. The monoisotopic (exact) mass is 277 g/mol. The number of hydrogen-bond donors (Lipinski definition) is 1. The molecule has 0 spiro atoms. The maximum absolute atomic E-state index is 12.4. The first kappa shape index (κ1) is 16.7. The molecule has 1 aromatic rings. The van der Waals surface area contributed by atoms with Crippen LogP contribution in [0.25, 0.3) is 0 Å². The van der Waals surface area contributed by atoms with Crippen LogP contribution in [0, 0.1) is 0 Å². The predicted molar refractivity (Wildman–Crippen MR) is 83.5 cm³/mol. The lowest BCUT2D eigenvalue weighted by Gasteiger charge is -2.24. The fourth-order valence-electron chi connectivity index (χ4n) is 2.03. The molecule has 112 valence electrons. The van der Waals surface area contributed by atoms with E-state index in [0.717, 1.165) is 37.2 Å². The van der Waals surface area contributed by atoms with E-state index in [9.17, 15) is 4.79 Å². The largest absolute Gasteiger partial charge is 0.341 e. The molecule has 0 atom stereocenters. The normalized spacial score (nSPS) is 10.8. The molecular formula is C16H27N3O. The summed E-state index contributed by atoms with van der Waals surface area (Å²) >= 11 is 0. The lowest BCUT2D eigenvalue weighted by molar-refractivity contribution is -0.130. The van der Waals surface area contributed by atoms with Crippen LogP contribution in [-0.4, -0.2) is 49.4 Å². The van der Waals surface area contributed by atoms with Gasteiger partial charge in [-0.2, -0.15) is 0 Å². The molecule has 2 N–H and O–H groups in total. The fraction of sp³-hybridized carbons (Fsp3) is 0.562. The molecule has 1 amide bonds. The number of nitrogens with zero attached hydrogens (tertiary/aromatic N) is 2. The molecule has 0 aliphatic heterocycles. The topological polar surface area (TPSA) is 49.6 Å². The molecule has 0 saturated heterocycles. The molecule has 0 heterocycles. The van der Waals surface area contributed by atoms with Crippen molar-refractivity contribution in [1.29, 1.82) is 0 Å². The Kier molecular flexibility index (Phi) is 7.26. The van der Waals surface area contributed by atoms with E-state index < -0.39 is 0 Å². The van der Waals surface area contributed by atoms with Gasteiger partial charge in [-0.15, -0.1) is 0 Å². The number of hydrogen-bond acceptors (Lipinski definition) is 3. The lowest BCUT2D eigenvalue weighted by atomic mass is 10.1. The van der Waals surface area contributed by atoms with E-state index in [1.807, 2.05) is 43.3 Å². The molecule has 0 bridgehead atoms. The summed E-state index contributed by atoms with van der Waals surface area (Å²) in [7, 11) is 4.06. The number of nitrogens with two attached hydrogens (primary N) is 1. The Hall–Kier alpha value is -1.39. The minimum atomic E-state index is 0.203. The van der Waals surface area contributed by atoms with Crippen molar-refractivity contribution >= 4 is 5.91 Å². The average Bonchev–Trinajstić information content (AvgIpc) is 2.44. The van der Waals surface area contributed by atoms with E-state index in [0.29, 0.717) is 13.0 Å². The van der Waals surface area contributed by atoms with Crippen LogP contribution >= 0.6 is 0 Å². The summed E-state index contributed by atoms with van der Waals surface area (Å²) in [5.74, 6) is 0.203. The van der Waals surface area contributed by atoms with Crippen LogP contribution < -0.4 is 5.73 Å². The molecule has 0 aromatic heterocycles. The zero-order valence-electron chi connectivity index (χ0n) is 12.9. The molecule has 0 radical (unpaired) electrons. The number of rotatable bonds is 8. The molecule has 0 unspecified atom stereocenters. The van der Waals surface area contributed by atoms with Crippen molar-refractivity contribution in [3.8, 4) is 0 Å². The van der Waals surface area contributed by atoms with Crippen molar-refractivity contribution < 1.29 is 4.79 Å². The summed E-state index contributed by atoms with van der Waals surface area (Å²) in [5, 5.41) is 0. The van der Waals surface area contributed by atoms with Crippen LogP contribution in [-0.2, 0) is 17.8 Å². The van der Waals surface area contributed by atoms with Crippen molar-refractivity contribution in [3.05, 3.63) is 35.4 Å². The zero-order chi connectivity index (χ0) is 15.0. The second-order valence-corrected chi connectivity index (χ2v) is 5.38. The molecule has 20 heavy (non-hydrogen) atoms. The van der Waals surface area contributed by atoms with E-state index >= 15 is 0 Å². The maximum Gasteiger partial charge on any atom is 0.227 e. The van der Waals surface area contributed by atoms with Gasteiger partial charge in [-0.1, -0.05) is 31.2 Å². The van der Waals surface area contributed by atoms with Gasteiger partial charge in [0, 0.05) is 26.2 Å². The third kappa shape index (κ3) is 5.72. The van der Waals surface area contributed by atoms with Crippen LogP contribution in [0.3, 0.4) is 0 Å². The van der Waals surface area contributed by atoms with E-state index in [2.05, 4.69) is 11.8 Å². The number of carbonyl (C=O) groups is 1. The van der Waals surface area contributed by atoms with Crippen LogP contribution in [0.5, 0.6) is 0 Å². The quantitative estimate of drug-likeness (QED) is 0.783. The number of carbonyl (C=O) groups excluding carboxylic acids is 1. The van der Waals surface area contributed by atoms with Gasteiger partial charge in [0.25, 0.3) is 0 Å². The summed E-state index contributed by atoms with van der Waals surface area (Å²) < 4.78 is 0. The van der Waals surface area contributed by atoms with Crippen LogP contribution in [0.15, 0.2) is 24.3 Å². The molecule has 4 nitrogen and oxygen atoms in total. The molecule has 0 aliphatic carbocycles. The highest BCUT2D eigenvalue weighted by atomic mass is 16.2. The van der Waals surface area contributed by atoms with Crippen LogP contribution in [0.4, 0.5) is 0 Å². The average molecular weight is 277 g/mol. The Morgan fingerprint density at radius 3 is 2.15 bits per heavy atom. The van der Waals surface area contributed by atoms with Gasteiger partial charge in [0.2, 0.25) is 5.91 Å². The van der Waals surface area contributed by atoms with Gasteiger partial charge in [-0.05, 0) is 31.6 Å². The highest BCUT2D eigenvalue weighted by Crippen LogP contribution is 2.07. The predicted octanol–water partition coefficient (Wildman–Crippen LogP) is 1.49. The van der Waals surface area contributed by atoms with Crippen molar-refractivity contribution in [3.63, 3.8) is 0 Å². The Balaban J connectivity index is 2.59. The number of amides is 1. The van der Waals surface area contributed by atoms with E-state index in [4.69, 9.17) is 5.73 Å². The lowest BCUT2D eigenvalue weighted by Crippen LogP contribution is -2.38.